The van der Waals surface area contributed by atoms with Crippen LogP contribution in [-0.4, -0.2) is 23.3 Å². The van der Waals surface area contributed by atoms with E-state index in [9.17, 15) is 0 Å². The highest BCUT2D eigenvalue weighted by molar-refractivity contribution is 6.32. The van der Waals surface area contributed by atoms with Gasteiger partial charge < -0.3 is 0 Å². The Bertz CT molecular complexity index is 159. The Morgan fingerprint density at radius 3 is 2.67 bits per heavy atom. The SMILES string of the molecule is Cl[C@@H]1[C@H](Cl)[C@@H]2CN=N[C@H]12. The number of halogens is 2. The third-order valence-corrected chi connectivity index (χ3v) is 3.24. The number of hydrogen-bond acceptors (Lipinski definition) is 2. The average Bonchev–Trinajstić information content (AvgIpc) is 2.30. The normalized spacial score (nSPS) is 54.9. The summed E-state index contributed by atoms with van der Waals surface area (Å²) in [5.74, 6) is 0.439. The van der Waals surface area contributed by atoms with Gasteiger partial charge in [-0.05, 0) is 0 Å². The quantitative estimate of drug-likeness (QED) is 0.487. The first-order valence-corrected chi connectivity index (χ1v) is 3.83. The Balaban J connectivity index is 2.12. The molecule has 0 aromatic rings. The van der Waals surface area contributed by atoms with E-state index in [0.29, 0.717) is 5.92 Å². The van der Waals surface area contributed by atoms with E-state index in [2.05, 4.69) is 10.2 Å². The van der Waals surface area contributed by atoms with Crippen molar-refractivity contribution in [3.63, 3.8) is 0 Å². The fourth-order valence-corrected chi connectivity index (χ4v) is 2.10. The molecule has 1 aliphatic heterocycles. The lowest BCUT2D eigenvalue weighted by Gasteiger charge is -2.38. The molecule has 1 fully saturated rings. The van der Waals surface area contributed by atoms with Crippen molar-refractivity contribution >= 4 is 23.2 Å². The van der Waals surface area contributed by atoms with Crippen molar-refractivity contribution < 1.29 is 0 Å². The summed E-state index contributed by atoms with van der Waals surface area (Å²) < 4.78 is 0. The molecule has 2 rings (SSSR count). The number of azo groups is 1. The standard InChI is InChI=1S/C5H6Cl2N2/c6-3-2-1-8-9-5(2)4(3)7/h2-5H,1H2/t2-,3+,4+,5-/m0/s1. The van der Waals surface area contributed by atoms with Crippen molar-refractivity contribution in [1.82, 2.24) is 0 Å². The predicted molar refractivity (Wildman–Crippen MR) is 36.3 cm³/mol. The first-order chi connectivity index (χ1) is 4.30. The zero-order valence-electron chi connectivity index (χ0n) is 4.67. The number of hydrogen-bond donors (Lipinski definition) is 0. The van der Waals surface area contributed by atoms with Crippen LogP contribution in [0.3, 0.4) is 0 Å². The van der Waals surface area contributed by atoms with Crippen molar-refractivity contribution in [1.29, 1.82) is 0 Å². The molecule has 1 saturated carbocycles. The van der Waals surface area contributed by atoms with Crippen LogP contribution in [0, 0.1) is 5.92 Å². The van der Waals surface area contributed by atoms with Crippen LogP contribution < -0.4 is 0 Å². The second kappa shape index (κ2) is 1.83. The molecule has 50 valence electrons. The molecule has 0 spiro atoms. The summed E-state index contributed by atoms with van der Waals surface area (Å²) in [4.78, 5) is 0. The summed E-state index contributed by atoms with van der Waals surface area (Å²) in [6.07, 6.45) is 0. The maximum atomic E-state index is 5.85. The highest BCUT2D eigenvalue weighted by Gasteiger charge is 2.51. The van der Waals surface area contributed by atoms with Gasteiger partial charge >= 0.3 is 0 Å². The summed E-state index contributed by atoms with van der Waals surface area (Å²) in [7, 11) is 0. The van der Waals surface area contributed by atoms with Crippen LogP contribution >= 0.6 is 23.2 Å². The van der Waals surface area contributed by atoms with Crippen molar-refractivity contribution in [3.8, 4) is 0 Å². The minimum atomic E-state index is 0.0305. The largest absolute Gasteiger partial charge is 0.193 e. The van der Waals surface area contributed by atoms with Gasteiger partial charge in [0.25, 0.3) is 0 Å². The van der Waals surface area contributed by atoms with E-state index in [-0.39, 0.29) is 16.8 Å². The number of rotatable bonds is 0. The molecule has 1 heterocycles. The van der Waals surface area contributed by atoms with Crippen LogP contribution in [0.15, 0.2) is 10.2 Å². The maximum Gasteiger partial charge on any atom is 0.0947 e. The molecule has 0 N–H and O–H groups in total. The summed E-state index contributed by atoms with van der Waals surface area (Å²) in [5, 5.41) is 7.94. The third kappa shape index (κ3) is 0.635. The monoisotopic (exact) mass is 164 g/mol. The van der Waals surface area contributed by atoms with Crippen LogP contribution in [0.2, 0.25) is 0 Å². The van der Waals surface area contributed by atoms with Gasteiger partial charge in [-0.15, -0.1) is 23.2 Å². The molecule has 2 nitrogen and oxygen atoms in total. The summed E-state index contributed by atoms with van der Waals surface area (Å²) in [5.41, 5.74) is 0. The molecular weight excluding hydrogens is 159 g/mol. The van der Waals surface area contributed by atoms with Crippen molar-refractivity contribution in [2.24, 2.45) is 16.1 Å². The van der Waals surface area contributed by atoms with Crippen LogP contribution in [0.1, 0.15) is 0 Å². The Hall–Kier alpha value is 0.180. The molecule has 0 aromatic heterocycles. The Morgan fingerprint density at radius 2 is 2.00 bits per heavy atom. The van der Waals surface area contributed by atoms with Crippen molar-refractivity contribution in [3.05, 3.63) is 0 Å². The van der Waals surface area contributed by atoms with Crippen LogP contribution in [0.4, 0.5) is 0 Å². The topological polar surface area (TPSA) is 24.7 Å². The van der Waals surface area contributed by atoms with Gasteiger partial charge in [0.1, 0.15) is 0 Å². The second-order valence-corrected chi connectivity index (χ2v) is 3.49. The highest BCUT2D eigenvalue weighted by atomic mass is 35.5. The van der Waals surface area contributed by atoms with E-state index >= 15 is 0 Å². The molecule has 9 heavy (non-hydrogen) atoms. The van der Waals surface area contributed by atoms with E-state index in [1.54, 1.807) is 0 Å². The van der Waals surface area contributed by atoms with Gasteiger partial charge in [0.2, 0.25) is 0 Å². The zero-order chi connectivity index (χ0) is 6.43. The van der Waals surface area contributed by atoms with Gasteiger partial charge in [-0.1, -0.05) is 0 Å². The molecular formula is C5H6Cl2N2. The summed E-state index contributed by atoms with van der Waals surface area (Å²) >= 11 is 11.7. The fraction of sp³-hybridized carbons (Fsp3) is 1.00. The molecule has 1 aliphatic carbocycles. The Labute approximate surface area is 63.2 Å². The van der Waals surface area contributed by atoms with Gasteiger partial charge in [-0.2, -0.15) is 10.2 Å². The molecule has 0 bridgehead atoms. The lowest BCUT2D eigenvalue weighted by Crippen LogP contribution is -2.51. The first-order valence-electron chi connectivity index (χ1n) is 2.95. The summed E-state index contributed by atoms with van der Waals surface area (Å²) in [6.45, 7) is 0.780. The highest BCUT2D eigenvalue weighted by Crippen LogP contribution is 2.42. The minimum absolute atomic E-state index is 0.0305. The maximum absolute atomic E-state index is 5.85. The molecule has 0 amide bonds. The smallest absolute Gasteiger partial charge is 0.0947 e. The van der Waals surface area contributed by atoms with Crippen LogP contribution in [0.5, 0.6) is 0 Å². The van der Waals surface area contributed by atoms with E-state index in [4.69, 9.17) is 23.2 Å². The van der Waals surface area contributed by atoms with Crippen molar-refractivity contribution in [2.45, 2.75) is 16.8 Å². The summed E-state index contributed by atoms with van der Waals surface area (Å²) in [6, 6.07) is 0.231. The van der Waals surface area contributed by atoms with E-state index < -0.39 is 0 Å². The predicted octanol–water partition coefficient (Wildman–Crippen LogP) is 1.67. The molecule has 2 aliphatic rings. The van der Waals surface area contributed by atoms with Gasteiger partial charge in [0.15, 0.2) is 0 Å². The molecule has 0 radical (unpaired) electrons. The lowest BCUT2D eigenvalue weighted by molar-refractivity contribution is 0.319. The minimum Gasteiger partial charge on any atom is -0.193 e. The second-order valence-electron chi connectivity index (χ2n) is 2.48. The molecule has 4 heteroatoms. The number of alkyl halides is 2. The van der Waals surface area contributed by atoms with E-state index in [1.807, 2.05) is 0 Å². The van der Waals surface area contributed by atoms with E-state index in [1.165, 1.54) is 0 Å². The molecule has 0 saturated heterocycles. The molecule has 4 atom stereocenters. The van der Waals surface area contributed by atoms with Crippen LogP contribution in [0.25, 0.3) is 0 Å². The Kier molecular flexibility index (Phi) is 1.21. The number of nitrogens with zero attached hydrogens (tertiary/aromatic N) is 2. The molecule has 0 unspecified atom stereocenters. The van der Waals surface area contributed by atoms with Gasteiger partial charge in [0.05, 0.1) is 23.3 Å². The van der Waals surface area contributed by atoms with Crippen LogP contribution in [-0.2, 0) is 0 Å². The number of fused-ring (bicyclic) bond motifs is 1. The van der Waals surface area contributed by atoms with E-state index in [0.717, 1.165) is 6.54 Å². The molecule has 0 aromatic carbocycles. The average molecular weight is 165 g/mol. The van der Waals surface area contributed by atoms with Gasteiger partial charge in [0, 0.05) is 5.92 Å². The van der Waals surface area contributed by atoms with Gasteiger partial charge in [-0.3, -0.25) is 0 Å². The fourth-order valence-electron chi connectivity index (χ4n) is 1.30. The third-order valence-electron chi connectivity index (χ3n) is 1.99. The zero-order valence-corrected chi connectivity index (χ0v) is 6.18. The lowest BCUT2D eigenvalue weighted by atomic mass is 9.80. The van der Waals surface area contributed by atoms with Gasteiger partial charge in [-0.25, -0.2) is 0 Å². The van der Waals surface area contributed by atoms with Crippen molar-refractivity contribution in [2.75, 3.05) is 6.54 Å². The Morgan fingerprint density at radius 1 is 1.22 bits per heavy atom. The first kappa shape index (κ1) is 5.93.